The molecule has 0 aliphatic carbocycles. The van der Waals surface area contributed by atoms with Crippen LogP contribution in [0.4, 0.5) is 0 Å². The molecule has 2 heterocycles. The van der Waals surface area contributed by atoms with E-state index in [-0.39, 0.29) is 0 Å². The molecule has 3 heteroatoms. The van der Waals surface area contributed by atoms with E-state index in [1.165, 1.54) is 53.2 Å². The first-order chi connectivity index (χ1) is 26.2. The van der Waals surface area contributed by atoms with Gasteiger partial charge in [-0.25, -0.2) is 9.97 Å². The summed E-state index contributed by atoms with van der Waals surface area (Å²) in [6.07, 6.45) is 0. The number of nitrogens with zero attached hydrogens (tertiary/aromatic N) is 2. The molecule has 0 saturated heterocycles. The van der Waals surface area contributed by atoms with Gasteiger partial charge >= 0.3 is 0 Å². The van der Waals surface area contributed by atoms with Crippen LogP contribution in [0.2, 0.25) is 0 Å². The van der Waals surface area contributed by atoms with Crippen molar-refractivity contribution in [3.05, 3.63) is 194 Å². The van der Waals surface area contributed by atoms with Crippen molar-refractivity contribution in [2.24, 2.45) is 0 Å². The minimum absolute atomic E-state index is 0.703. The molecule has 10 aromatic rings. The molecule has 0 aliphatic heterocycles. The fourth-order valence-electron chi connectivity index (χ4n) is 7.42. The van der Waals surface area contributed by atoms with E-state index in [2.05, 4.69) is 176 Å². The number of aromatic nitrogens is 2. The van der Waals surface area contributed by atoms with Gasteiger partial charge in [0.25, 0.3) is 0 Å². The molecule has 0 fully saturated rings. The normalized spacial score (nSPS) is 11.4. The van der Waals surface area contributed by atoms with E-state index < -0.39 is 0 Å². The minimum Gasteiger partial charge on any atom is -0.228 e. The highest BCUT2D eigenvalue weighted by Gasteiger charge is 2.16. The number of benzene rings is 8. The summed E-state index contributed by atoms with van der Waals surface area (Å²) in [7, 11) is 0. The van der Waals surface area contributed by atoms with Crippen molar-refractivity contribution < 1.29 is 0 Å². The molecule has 8 aromatic carbocycles. The third kappa shape index (κ3) is 5.87. The molecule has 2 nitrogen and oxygen atoms in total. The van der Waals surface area contributed by atoms with E-state index in [1.54, 1.807) is 0 Å². The van der Waals surface area contributed by atoms with Gasteiger partial charge in [0.05, 0.1) is 11.4 Å². The van der Waals surface area contributed by atoms with E-state index in [0.29, 0.717) is 5.82 Å². The Hall–Kier alpha value is -6.68. The lowest BCUT2D eigenvalue weighted by Gasteiger charge is -2.15. The monoisotopic (exact) mass is 692 g/mol. The van der Waals surface area contributed by atoms with Gasteiger partial charge in [-0.05, 0) is 86.6 Å². The summed E-state index contributed by atoms with van der Waals surface area (Å²) in [4.78, 5) is 10.4. The second kappa shape index (κ2) is 13.1. The molecule has 0 bridgehead atoms. The van der Waals surface area contributed by atoms with Gasteiger partial charge in [-0.3, -0.25) is 0 Å². The Bertz CT molecular complexity index is 2950. The Balaban J connectivity index is 1.21. The molecule has 0 amide bonds. The number of hydrogen-bond donors (Lipinski definition) is 0. The van der Waals surface area contributed by atoms with Gasteiger partial charge in [0.1, 0.15) is 0 Å². The Labute approximate surface area is 312 Å². The average Bonchev–Trinajstić information content (AvgIpc) is 3.62. The smallest absolute Gasteiger partial charge is 0.160 e. The highest BCUT2D eigenvalue weighted by atomic mass is 32.1. The predicted molar refractivity (Wildman–Crippen MR) is 225 cm³/mol. The molecular formula is C50H32N2S. The maximum atomic E-state index is 5.28. The Morgan fingerprint density at radius 3 is 1.70 bits per heavy atom. The first-order valence-corrected chi connectivity index (χ1v) is 18.7. The highest BCUT2D eigenvalue weighted by molar-refractivity contribution is 7.25. The van der Waals surface area contributed by atoms with Gasteiger partial charge in [-0.15, -0.1) is 11.3 Å². The van der Waals surface area contributed by atoms with Gasteiger partial charge in [-0.2, -0.15) is 0 Å². The molecule has 53 heavy (non-hydrogen) atoms. The second-order valence-electron chi connectivity index (χ2n) is 13.4. The maximum Gasteiger partial charge on any atom is 0.160 e. The van der Waals surface area contributed by atoms with E-state index in [9.17, 15) is 0 Å². The summed E-state index contributed by atoms with van der Waals surface area (Å²) in [5, 5.41) is 4.99. The molecule has 248 valence electrons. The van der Waals surface area contributed by atoms with Gasteiger partial charge in [0, 0.05) is 36.9 Å². The van der Waals surface area contributed by atoms with E-state index >= 15 is 0 Å². The number of thiophene rings is 1. The zero-order valence-corrected chi connectivity index (χ0v) is 29.6. The van der Waals surface area contributed by atoms with Crippen molar-refractivity contribution >= 4 is 42.3 Å². The van der Waals surface area contributed by atoms with Crippen molar-refractivity contribution in [3.63, 3.8) is 0 Å². The lowest BCUT2D eigenvalue weighted by molar-refractivity contribution is 1.18. The van der Waals surface area contributed by atoms with Gasteiger partial charge in [0.2, 0.25) is 0 Å². The molecule has 2 aromatic heterocycles. The zero-order chi connectivity index (χ0) is 35.1. The van der Waals surface area contributed by atoms with Crippen molar-refractivity contribution in [1.29, 1.82) is 0 Å². The second-order valence-corrected chi connectivity index (χ2v) is 14.5. The summed E-state index contributed by atoms with van der Waals surface area (Å²) < 4.78 is 2.59. The lowest BCUT2D eigenvalue weighted by atomic mass is 9.90. The SMILES string of the molecule is c1ccc(-c2nc(-c3cc(-c4ccc5c(c4)sc4ccccc45)cc(-c4ccccc4-c4ccccc4)c3)cc(-c3ccc4ccccc4c3)n2)cc1. The molecule has 10 rings (SSSR count). The minimum atomic E-state index is 0.703. The predicted octanol–water partition coefficient (Wildman–Crippen LogP) is 14.0. The van der Waals surface area contributed by atoms with Crippen LogP contribution in [0.1, 0.15) is 0 Å². The number of fused-ring (bicyclic) bond motifs is 4. The summed E-state index contributed by atoms with van der Waals surface area (Å²) in [5.74, 6) is 0.703. The van der Waals surface area contributed by atoms with Crippen LogP contribution in [-0.4, -0.2) is 9.97 Å². The van der Waals surface area contributed by atoms with Crippen molar-refractivity contribution in [1.82, 2.24) is 9.97 Å². The molecule has 0 radical (unpaired) electrons. The Morgan fingerprint density at radius 2 is 0.887 bits per heavy atom. The topological polar surface area (TPSA) is 25.8 Å². The molecule has 0 saturated carbocycles. The Morgan fingerprint density at radius 1 is 0.302 bits per heavy atom. The van der Waals surface area contributed by atoms with Gasteiger partial charge < -0.3 is 0 Å². The van der Waals surface area contributed by atoms with Crippen LogP contribution in [0, 0.1) is 0 Å². The molecule has 0 unspecified atom stereocenters. The average molecular weight is 693 g/mol. The Kier molecular flexibility index (Phi) is 7.71. The van der Waals surface area contributed by atoms with E-state index in [0.717, 1.165) is 39.2 Å². The van der Waals surface area contributed by atoms with Crippen LogP contribution >= 0.6 is 11.3 Å². The highest BCUT2D eigenvalue weighted by Crippen LogP contribution is 2.41. The van der Waals surface area contributed by atoms with Crippen LogP contribution < -0.4 is 0 Å². The van der Waals surface area contributed by atoms with Crippen LogP contribution in [-0.2, 0) is 0 Å². The molecular weight excluding hydrogens is 661 g/mol. The fourth-order valence-corrected chi connectivity index (χ4v) is 8.56. The van der Waals surface area contributed by atoms with Gasteiger partial charge in [-0.1, -0.05) is 152 Å². The fraction of sp³-hybridized carbons (Fsp3) is 0. The quantitative estimate of drug-likeness (QED) is 0.173. The van der Waals surface area contributed by atoms with Crippen molar-refractivity contribution in [2.75, 3.05) is 0 Å². The first kappa shape index (κ1) is 31.1. The molecule has 0 aliphatic rings. The zero-order valence-electron chi connectivity index (χ0n) is 28.8. The summed E-state index contributed by atoms with van der Waals surface area (Å²) in [6, 6.07) is 69.4. The first-order valence-electron chi connectivity index (χ1n) is 17.9. The van der Waals surface area contributed by atoms with Crippen LogP contribution in [0.25, 0.3) is 98.2 Å². The van der Waals surface area contributed by atoms with E-state index in [4.69, 9.17) is 9.97 Å². The maximum absolute atomic E-state index is 5.28. The summed E-state index contributed by atoms with van der Waals surface area (Å²) in [5.41, 5.74) is 11.9. The van der Waals surface area contributed by atoms with Crippen molar-refractivity contribution in [2.45, 2.75) is 0 Å². The van der Waals surface area contributed by atoms with Crippen LogP contribution in [0.15, 0.2) is 194 Å². The van der Waals surface area contributed by atoms with Gasteiger partial charge in [0.15, 0.2) is 5.82 Å². The van der Waals surface area contributed by atoms with Crippen molar-refractivity contribution in [3.8, 4) is 67.3 Å². The standard InChI is InChI=1S/C50H32N2S/c1-3-14-34(15-4-1)42-19-9-10-20-43(42)40-28-39(37-25-26-45-44-21-11-12-22-48(44)53-49(45)31-37)29-41(30-40)47-32-46(51-50(52-47)35-16-5-2-6-17-35)38-24-23-33-13-7-8-18-36(33)27-38/h1-32H. The lowest BCUT2D eigenvalue weighted by Crippen LogP contribution is -1.97. The molecule has 0 N–H and O–H groups in total. The van der Waals surface area contributed by atoms with Crippen LogP contribution in [0.3, 0.4) is 0 Å². The largest absolute Gasteiger partial charge is 0.228 e. The summed E-state index contributed by atoms with van der Waals surface area (Å²) >= 11 is 1.85. The summed E-state index contributed by atoms with van der Waals surface area (Å²) in [6.45, 7) is 0. The third-order valence-electron chi connectivity index (χ3n) is 10.1. The number of hydrogen-bond acceptors (Lipinski definition) is 3. The molecule has 0 spiro atoms. The van der Waals surface area contributed by atoms with Crippen LogP contribution in [0.5, 0.6) is 0 Å². The third-order valence-corrected chi connectivity index (χ3v) is 11.2. The number of rotatable bonds is 6. The molecule has 0 atom stereocenters. The van der Waals surface area contributed by atoms with E-state index in [1.807, 2.05) is 29.5 Å².